The first-order valence-electron chi connectivity index (χ1n) is 10.5. The van der Waals surface area contributed by atoms with Crippen LogP contribution < -0.4 is 14.4 Å². The lowest BCUT2D eigenvalue weighted by Crippen LogP contribution is -2.30. The van der Waals surface area contributed by atoms with E-state index in [1.54, 1.807) is 24.3 Å². The molecule has 0 aliphatic heterocycles. The van der Waals surface area contributed by atoms with Gasteiger partial charge in [0.1, 0.15) is 18.2 Å². The average molecular weight is 502 g/mol. The van der Waals surface area contributed by atoms with Crippen LogP contribution in [-0.4, -0.2) is 38.7 Å². The number of nitro groups is 1. The van der Waals surface area contributed by atoms with E-state index in [2.05, 4.69) is 5.32 Å². The smallest absolute Gasteiger partial charge is 0.274 e. The fraction of sp³-hybridized carbons (Fsp3) is 0.208. The predicted octanol–water partition coefficient (Wildman–Crippen LogP) is 3.82. The summed E-state index contributed by atoms with van der Waals surface area (Å²) in [6.45, 7) is 1.86. The highest BCUT2D eigenvalue weighted by molar-refractivity contribution is 7.92. The Labute approximate surface area is 202 Å². The third-order valence-electron chi connectivity index (χ3n) is 5.15. The molecule has 0 aliphatic carbocycles. The van der Waals surface area contributed by atoms with E-state index in [1.165, 1.54) is 49.4 Å². The van der Waals surface area contributed by atoms with Gasteiger partial charge in [-0.2, -0.15) is 0 Å². The number of carbonyl (C=O) groups excluding carboxylic acids is 1. The summed E-state index contributed by atoms with van der Waals surface area (Å²) in [6, 6.07) is 16.2. The van der Waals surface area contributed by atoms with Crippen LogP contribution in [0, 0.1) is 22.9 Å². The van der Waals surface area contributed by atoms with E-state index in [1.807, 2.05) is 0 Å². The number of nitrogens with one attached hydrogen (secondary N) is 1. The minimum Gasteiger partial charge on any atom is -0.492 e. The van der Waals surface area contributed by atoms with Crippen LogP contribution in [0.5, 0.6) is 5.75 Å². The zero-order chi connectivity index (χ0) is 25.6. The van der Waals surface area contributed by atoms with Gasteiger partial charge in [-0.1, -0.05) is 18.2 Å². The molecule has 0 bridgehead atoms. The highest BCUT2D eigenvalue weighted by atomic mass is 32.2. The number of nitrogens with zero attached hydrogens (tertiary/aromatic N) is 2. The SMILES string of the molecule is Cc1c(N(Cc2ccc(C(=O)NCCOc3ccc(F)cc3)cc2)S(C)(=O)=O)cccc1[N+](=O)[O-]. The first kappa shape index (κ1) is 25.6. The molecule has 9 nitrogen and oxygen atoms in total. The van der Waals surface area contributed by atoms with Crippen molar-refractivity contribution in [1.29, 1.82) is 0 Å². The summed E-state index contributed by atoms with van der Waals surface area (Å²) in [5.74, 6) is -0.220. The second-order valence-electron chi connectivity index (χ2n) is 7.70. The summed E-state index contributed by atoms with van der Waals surface area (Å²) in [4.78, 5) is 23.1. The molecule has 3 aromatic rings. The van der Waals surface area contributed by atoms with Crippen molar-refractivity contribution in [3.05, 3.63) is 99.4 Å². The summed E-state index contributed by atoms with van der Waals surface area (Å²) in [5.41, 5.74) is 1.24. The van der Waals surface area contributed by atoms with Crippen LogP contribution in [-0.2, 0) is 16.6 Å². The van der Waals surface area contributed by atoms with Crippen LogP contribution >= 0.6 is 0 Å². The Morgan fingerprint density at radius 1 is 1.09 bits per heavy atom. The van der Waals surface area contributed by atoms with Crippen molar-refractivity contribution < 1.29 is 27.3 Å². The first-order valence-corrected chi connectivity index (χ1v) is 12.4. The lowest BCUT2D eigenvalue weighted by molar-refractivity contribution is -0.385. The van der Waals surface area contributed by atoms with Crippen LogP contribution in [0.15, 0.2) is 66.7 Å². The zero-order valence-electron chi connectivity index (χ0n) is 19.1. The summed E-state index contributed by atoms with van der Waals surface area (Å²) in [6.07, 6.45) is 1.03. The fourth-order valence-electron chi connectivity index (χ4n) is 3.35. The van der Waals surface area contributed by atoms with Crippen LogP contribution in [0.2, 0.25) is 0 Å². The van der Waals surface area contributed by atoms with Crippen molar-refractivity contribution in [2.45, 2.75) is 13.5 Å². The molecule has 3 rings (SSSR count). The number of rotatable bonds is 10. The molecule has 0 atom stereocenters. The minimum absolute atomic E-state index is 0.0613. The molecule has 0 radical (unpaired) electrons. The van der Waals surface area contributed by atoms with Gasteiger partial charge in [0.05, 0.1) is 35.5 Å². The van der Waals surface area contributed by atoms with Gasteiger partial charge in [0.2, 0.25) is 10.0 Å². The summed E-state index contributed by atoms with van der Waals surface area (Å²) in [7, 11) is -3.75. The van der Waals surface area contributed by atoms with Crippen LogP contribution in [0.1, 0.15) is 21.5 Å². The molecule has 35 heavy (non-hydrogen) atoms. The van der Waals surface area contributed by atoms with Gasteiger partial charge in [-0.25, -0.2) is 12.8 Å². The number of carbonyl (C=O) groups is 1. The summed E-state index contributed by atoms with van der Waals surface area (Å²) in [5, 5.41) is 14.0. The lowest BCUT2D eigenvalue weighted by atomic mass is 10.1. The Morgan fingerprint density at radius 3 is 2.34 bits per heavy atom. The Kier molecular flexibility index (Phi) is 8.02. The second kappa shape index (κ2) is 11.0. The van der Waals surface area contributed by atoms with E-state index in [-0.39, 0.29) is 48.4 Å². The van der Waals surface area contributed by atoms with E-state index in [4.69, 9.17) is 4.74 Å². The maximum atomic E-state index is 12.9. The zero-order valence-corrected chi connectivity index (χ0v) is 19.9. The number of ether oxygens (including phenoxy) is 1. The first-order chi connectivity index (χ1) is 16.6. The normalized spacial score (nSPS) is 11.1. The molecule has 0 aromatic heterocycles. The number of sulfonamides is 1. The molecule has 0 saturated heterocycles. The van der Waals surface area contributed by atoms with Gasteiger partial charge in [-0.05, 0) is 55.0 Å². The maximum absolute atomic E-state index is 12.9. The van der Waals surface area contributed by atoms with Crippen molar-refractivity contribution in [3.63, 3.8) is 0 Å². The van der Waals surface area contributed by atoms with Crippen LogP contribution in [0.3, 0.4) is 0 Å². The summed E-state index contributed by atoms with van der Waals surface area (Å²) < 4.78 is 44.4. The Balaban J connectivity index is 1.64. The van der Waals surface area contributed by atoms with Crippen molar-refractivity contribution in [3.8, 4) is 5.75 Å². The highest BCUT2D eigenvalue weighted by Gasteiger charge is 2.24. The van der Waals surface area contributed by atoms with Crippen LogP contribution in [0.4, 0.5) is 15.8 Å². The lowest BCUT2D eigenvalue weighted by Gasteiger charge is -2.24. The number of nitro benzene ring substituents is 1. The molecule has 11 heteroatoms. The molecule has 0 unspecified atom stereocenters. The molecule has 184 valence electrons. The van der Waals surface area contributed by atoms with Crippen molar-refractivity contribution in [1.82, 2.24) is 5.32 Å². The van der Waals surface area contributed by atoms with Crippen molar-refractivity contribution in [2.75, 3.05) is 23.7 Å². The molecule has 0 fully saturated rings. The maximum Gasteiger partial charge on any atom is 0.274 e. The number of hydrogen-bond donors (Lipinski definition) is 1. The Hall–Kier alpha value is -3.99. The van der Waals surface area contributed by atoms with Gasteiger partial charge in [-0.3, -0.25) is 19.2 Å². The summed E-state index contributed by atoms with van der Waals surface area (Å²) >= 11 is 0. The van der Waals surface area contributed by atoms with E-state index >= 15 is 0 Å². The van der Waals surface area contributed by atoms with Gasteiger partial charge in [0.25, 0.3) is 11.6 Å². The standard InChI is InChI=1S/C24H24FN3O6S/c1-17-22(4-3-5-23(17)28(30)31)27(35(2,32)33)16-18-6-8-19(9-7-18)24(29)26-14-15-34-21-12-10-20(25)11-13-21/h3-13H,14-16H2,1-2H3,(H,26,29). The molecule has 1 N–H and O–H groups in total. The van der Waals surface area contributed by atoms with Gasteiger partial charge >= 0.3 is 0 Å². The number of amides is 1. The van der Waals surface area contributed by atoms with Gasteiger partial charge < -0.3 is 10.1 Å². The molecule has 0 saturated carbocycles. The van der Waals surface area contributed by atoms with E-state index in [0.29, 0.717) is 16.9 Å². The topological polar surface area (TPSA) is 119 Å². The predicted molar refractivity (Wildman–Crippen MR) is 130 cm³/mol. The monoisotopic (exact) mass is 501 g/mol. The third kappa shape index (κ3) is 6.76. The van der Waals surface area contributed by atoms with Crippen molar-refractivity contribution in [2.24, 2.45) is 0 Å². The molecular weight excluding hydrogens is 477 g/mol. The molecule has 3 aromatic carbocycles. The van der Waals surface area contributed by atoms with Crippen LogP contribution in [0.25, 0.3) is 0 Å². The van der Waals surface area contributed by atoms with Gasteiger partial charge in [0, 0.05) is 11.6 Å². The Morgan fingerprint density at radius 2 is 1.74 bits per heavy atom. The van der Waals surface area contributed by atoms with Gasteiger partial charge in [-0.15, -0.1) is 0 Å². The number of halogens is 1. The van der Waals surface area contributed by atoms with Crippen molar-refractivity contribution >= 4 is 27.3 Å². The quantitative estimate of drug-likeness (QED) is 0.256. The van der Waals surface area contributed by atoms with E-state index in [0.717, 1.165) is 10.6 Å². The molecule has 0 spiro atoms. The largest absolute Gasteiger partial charge is 0.492 e. The average Bonchev–Trinajstić information content (AvgIpc) is 2.81. The second-order valence-corrected chi connectivity index (χ2v) is 9.61. The van der Waals surface area contributed by atoms with Gasteiger partial charge in [0.15, 0.2) is 0 Å². The third-order valence-corrected chi connectivity index (χ3v) is 6.28. The van der Waals surface area contributed by atoms with E-state index < -0.39 is 14.9 Å². The van der Waals surface area contributed by atoms with E-state index in [9.17, 15) is 27.7 Å². The molecular formula is C24H24FN3O6S. The Bertz CT molecular complexity index is 1310. The number of hydrogen-bond acceptors (Lipinski definition) is 6. The highest BCUT2D eigenvalue weighted by Crippen LogP contribution is 2.31. The minimum atomic E-state index is -3.75. The number of benzene rings is 3. The fourth-order valence-corrected chi connectivity index (χ4v) is 4.29. The number of anilines is 1. The molecule has 1 amide bonds. The molecule has 0 aliphatic rings. The molecule has 0 heterocycles.